The minimum absolute atomic E-state index is 0.0711. The number of carbonyl (C=O) groups excluding carboxylic acids is 1. The van der Waals surface area contributed by atoms with Crippen molar-refractivity contribution in [2.45, 2.75) is 66.0 Å². The van der Waals surface area contributed by atoms with Crippen molar-refractivity contribution < 1.29 is 9.53 Å². The van der Waals surface area contributed by atoms with Crippen LogP contribution >= 0.6 is 0 Å². The lowest BCUT2D eigenvalue weighted by molar-refractivity contribution is -0.121. The molecule has 0 bridgehead atoms. The molecule has 1 aliphatic heterocycles. The number of guanidine groups is 1. The summed E-state index contributed by atoms with van der Waals surface area (Å²) in [5.41, 5.74) is 0.621. The average molecular weight is 432 g/mol. The minimum atomic E-state index is -0.274. The van der Waals surface area contributed by atoms with Crippen LogP contribution in [0, 0.1) is 5.92 Å². The van der Waals surface area contributed by atoms with Gasteiger partial charge in [0.05, 0.1) is 6.10 Å². The molecule has 0 radical (unpaired) electrons. The van der Waals surface area contributed by atoms with Crippen LogP contribution in [0.3, 0.4) is 0 Å². The van der Waals surface area contributed by atoms with Crippen LogP contribution in [0.2, 0.25) is 0 Å². The van der Waals surface area contributed by atoms with E-state index in [2.05, 4.69) is 32.8 Å². The highest BCUT2D eigenvalue weighted by Crippen LogP contribution is 2.17. The Labute approximate surface area is 188 Å². The van der Waals surface area contributed by atoms with E-state index in [0.717, 1.165) is 24.5 Å². The first-order valence-electron chi connectivity index (χ1n) is 11.5. The summed E-state index contributed by atoms with van der Waals surface area (Å²) in [6, 6.07) is 7.78. The van der Waals surface area contributed by atoms with Gasteiger partial charge in [-0.25, -0.2) is 4.99 Å². The fourth-order valence-electron chi connectivity index (χ4n) is 3.52. The molecule has 0 spiro atoms. The molecule has 31 heavy (non-hydrogen) atoms. The summed E-state index contributed by atoms with van der Waals surface area (Å²) >= 11 is 0. The van der Waals surface area contributed by atoms with Crippen LogP contribution in [0.1, 0.15) is 54.4 Å². The fourth-order valence-corrected chi connectivity index (χ4v) is 3.52. The van der Waals surface area contributed by atoms with Crippen LogP contribution in [0.4, 0.5) is 5.69 Å². The third kappa shape index (κ3) is 10.5. The normalized spacial score (nSPS) is 16.3. The number of hydrogen-bond donors (Lipinski definition) is 3. The van der Waals surface area contributed by atoms with Gasteiger partial charge in [0, 0.05) is 24.3 Å². The second kappa shape index (κ2) is 11.9. The van der Waals surface area contributed by atoms with Crippen LogP contribution in [-0.2, 0) is 4.79 Å². The largest absolute Gasteiger partial charge is 0.491 e. The highest BCUT2D eigenvalue weighted by molar-refractivity contribution is 5.95. The monoisotopic (exact) mass is 431 g/mol. The molecule has 1 amide bonds. The molecule has 1 atom stereocenters. The van der Waals surface area contributed by atoms with Crippen LogP contribution in [0.5, 0.6) is 5.75 Å². The number of amides is 1. The predicted octanol–water partition coefficient (Wildman–Crippen LogP) is 3.48. The fraction of sp³-hybridized carbons (Fsp3) is 0.667. The molecule has 1 saturated heterocycles. The maximum absolute atomic E-state index is 12.2. The van der Waals surface area contributed by atoms with Gasteiger partial charge >= 0.3 is 0 Å². The van der Waals surface area contributed by atoms with E-state index in [9.17, 15) is 4.79 Å². The van der Waals surface area contributed by atoms with E-state index in [1.807, 2.05) is 58.9 Å². The highest BCUT2D eigenvalue weighted by atomic mass is 16.5. The molecule has 0 aliphatic carbocycles. The Morgan fingerprint density at radius 1 is 1.13 bits per heavy atom. The van der Waals surface area contributed by atoms with Gasteiger partial charge in [-0.3, -0.25) is 4.79 Å². The summed E-state index contributed by atoms with van der Waals surface area (Å²) in [6.45, 7) is 16.5. The van der Waals surface area contributed by atoms with E-state index in [-0.39, 0.29) is 24.1 Å². The molecule has 0 saturated carbocycles. The van der Waals surface area contributed by atoms with Crippen LogP contribution in [-0.4, -0.2) is 61.1 Å². The Morgan fingerprint density at radius 2 is 1.77 bits per heavy atom. The molecule has 1 heterocycles. The van der Waals surface area contributed by atoms with Crippen molar-refractivity contribution in [1.82, 2.24) is 15.5 Å². The Kier molecular flexibility index (Phi) is 9.62. The summed E-state index contributed by atoms with van der Waals surface area (Å²) in [4.78, 5) is 19.3. The quantitative estimate of drug-likeness (QED) is 0.412. The van der Waals surface area contributed by atoms with Crippen LogP contribution in [0.15, 0.2) is 29.3 Å². The third-order valence-electron chi connectivity index (χ3n) is 4.77. The molecule has 1 unspecified atom stereocenters. The van der Waals surface area contributed by atoms with Crippen molar-refractivity contribution >= 4 is 17.6 Å². The Balaban J connectivity index is 1.98. The van der Waals surface area contributed by atoms with Crippen molar-refractivity contribution in [3.63, 3.8) is 0 Å². The molecule has 3 N–H and O–H groups in total. The Morgan fingerprint density at radius 3 is 2.35 bits per heavy atom. The summed E-state index contributed by atoms with van der Waals surface area (Å²) in [6.07, 6.45) is 2.73. The maximum atomic E-state index is 12.2. The van der Waals surface area contributed by atoms with E-state index in [1.54, 1.807) is 0 Å². The first kappa shape index (κ1) is 25.0. The molecule has 1 aromatic carbocycles. The van der Waals surface area contributed by atoms with Crippen LogP contribution < -0.4 is 20.7 Å². The number of rotatable bonds is 9. The third-order valence-corrected chi connectivity index (χ3v) is 4.77. The standard InChI is InChI=1S/C24H41N5O2/c1-18(2)31-21-11-9-20(10-12-21)27-23(26-16-22(30)28-24(4,5)6)25-15-19(3)17-29-13-7-8-14-29/h9-12,18-19H,7-8,13-17H2,1-6H3,(H,28,30)(H2,25,26,27). The second-order valence-electron chi connectivity index (χ2n) is 9.77. The lowest BCUT2D eigenvalue weighted by atomic mass is 10.1. The average Bonchev–Trinajstić information content (AvgIpc) is 3.16. The Hall–Kier alpha value is -2.28. The van der Waals surface area contributed by atoms with Crippen molar-refractivity contribution in [3.8, 4) is 5.75 Å². The topological polar surface area (TPSA) is 78.0 Å². The number of carbonyl (C=O) groups is 1. The van der Waals surface area contributed by atoms with E-state index in [4.69, 9.17) is 4.74 Å². The predicted molar refractivity (Wildman–Crippen MR) is 129 cm³/mol. The smallest absolute Gasteiger partial charge is 0.242 e. The van der Waals surface area contributed by atoms with Crippen molar-refractivity contribution in [3.05, 3.63) is 24.3 Å². The SMILES string of the molecule is CC(CNC(=NCC(=O)NC(C)(C)C)Nc1ccc(OC(C)C)cc1)CN1CCCC1. The zero-order valence-corrected chi connectivity index (χ0v) is 20.1. The van der Waals surface area contributed by atoms with E-state index in [1.165, 1.54) is 25.9 Å². The molecule has 7 heteroatoms. The van der Waals surface area contributed by atoms with Gasteiger partial charge in [-0.1, -0.05) is 6.92 Å². The van der Waals surface area contributed by atoms with E-state index in [0.29, 0.717) is 11.9 Å². The van der Waals surface area contributed by atoms with Gasteiger partial charge in [0.25, 0.3) is 0 Å². The van der Waals surface area contributed by atoms with Gasteiger partial charge in [-0.05, 0) is 90.7 Å². The summed E-state index contributed by atoms with van der Waals surface area (Å²) < 4.78 is 5.71. The summed E-state index contributed by atoms with van der Waals surface area (Å²) in [7, 11) is 0. The summed E-state index contributed by atoms with van der Waals surface area (Å²) in [5.74, 6) is 1.82. The van der Waals surface area contributed by atoms with Gasteiger partial charge in [0.1, 0.15) is 12.3 Å². The number of likely N-dealkylation sites (tertiary alicyclic amines) is 1. The maximum Gasteiger partial charge on any atom is 0.242 e. The zero-order valence-electron chi connectivity index (χ0n) is 20.1. The number of hydrogen-bond acceptors (Lipinski definition) is 4. The number of nitrogens with zero attached hydrogens (tertiary/aromatic N) is 2. The lowest BCUT2D eigenvalue weighted by Gasteiger charge is -2.22. The number of anilines is 1. The van der Waals surface area contributed by atoms with Gasteiger partial charge in [-0.15, -0.1) is 0 Å². The minimum Gasteiger partial charge on any atom is -0.491 e. The number of benzene rings is 1. The highest BCUT2D eigenvalue weighted by Gasteiger charge is 2.16. The number of nitrogens with one attached hydrogen (secondary N) is 3. The lowest BCUT2D eigenvalue weighted by Crippen LogP contribution is -2.43. The van der Waals surface area contributed by atoms with Crippen molar-refractivity contribution in [2.75, 3.05) is 38.0 Å². The van der Waals surface area contributed by atoms with E-state index < -0.39 is 0 Å². The van der Waals surface area contributed by atoms with Crippen molar-refractivity contribution in [1.29, 1.82) is 0 Å². The Bertz CT molecular complexity index is 704. The van der Waals surface area contributed by atoms with Gasteiger partial charge in [-0.2, -0.15) is 0 Å². The molecular weight excluding hydrogens is 390 g/mol. The number of aliphatic imine (C=N–C) groups is 1. The molecule has 174 valence electrons. The molecule has 1 fully saturated rings. The molecular formula is C24H41N5O2. The molecule has 1 aromatic rings. The molecule has 0 aromatic heterocycles. The zero-order chi connectivity index (χ0) is 22.9. The second-order valence-corrected chi connectivity index (χ2v) is 9.77. The van der Waals surface area contributed by atoms with E-state index >= 15 is 0 Å². The first-order valence-corrected chi connectivity index (χ1v) is 11.5. The molecule has 2 rings (SSSR count). The van der Waals surface area contributed by atoms with Crippen LogP contribution in [0.25, 0.3) is 0 Å². The number of ether oxygens (including phenoxy) is 1. The first-order chi connectivity index (χ1) is 14.6. The molecule has 7 nitrogen and oxygen atoms in total. The molecule has 1 aliphatic rings. The summed E-state index contributed by atoms with van der Waals surface area (Å²) in [5, 5.41) is 9.68. The van der Waals surface area contributed by atoms with Crippen molar-refractivity contribution in [2.24, 2.45) is 10.9 Å². The van der Waals surface area contributed by atoms with Gasteiger partial charge < -0.3 is 25.6 Å². The van der Waals surface area contributed by atoms with Gasteiger partial charge in [0.2, 0.25) is 5.91 Å². The van der Waals surface area contributed by atoms with Gasteiger partial charge in [0.15, 0.2) is 5.96 Å².